The van der Waals surface area contributed by atoms with Crippen molar-refractivity contribution < 1.29 is 4.79 Å². The molecule has 2 N–H and O–H groups in total. The van der Waals surface area contributed by atoms with Crippen LogP contribution in [0.3, 0.4) is 0 Å². The second-order valence-corrected chi connectivity index (χ2v) is 8.48. The highest BCUT2D eigenvalue weighted by atomic mass is 32.2. The molecule has 1 aromatic carbocycles. The van der Waals surface area contributed by atoms with Gasteiger partial charge in [-0.25, -0.2) is 0 Å². The van der Waals surface area contributed by atoms with E-state index in [2.05, 4.69) is 22.0 Å². The summed E-state index contributed by atoms with van der Waals surface area (Å²) in [5, 5.41) is 11.8. The Kier molecular flexibility index (Phi) is 5.45. The lowest BCUT2D eigenvalue weighted by Crippen LogP contribution is -2.41. The number of thioether (sulfide) groups is 1. The molecule has 0 saturated carbocycles. The van der Waals surface area contributed by atoms with Crippen molar-refractivity contribution in [3.05, 3.63) is 65.5 Å². The smallest absolute Gasteiger partial charge is 0.221 e. The van der Waals surface area contributed by atoms with Crippen LogP contribution >= 0.6 is 11.8 Å². The minimum atomic E-state index is -0.729. The minimum Gasteiger partial charge on any atom is -0.371 e. The molecule has 4 rings (SSSR count). The Hall–Kier alpha value is -2.98. The van der Waals surface area contributed by atoms with Gasteiger partial charge in [-0.15, -0.1) is 0 Å². The van der Waals surface area contributed by atoms with Crippen molar-refractivity contribution in [2.75, 3.05) is 22.9 Å². The Labute approximate surface area is 175 Å². The molecule has 2 aliphatic rings. The number of carbonyl (C=O) groups is 1. The van der Waals surface area contributed by atoms with E-state index in [-0.39, 0.29) is 6.42 Å². The van der Waals surface area contributed by atoms with Crippen LogP contribution in [0, 0.1) is 11.3 Å². The zero-order valence-corrected chi connectivity index (χ0v) is 16.9. The lowest BCUT2D eigenvalue weighted by atomic mass is 9.99. The first-order chi connectivity index (χ1) is 14.1. The molecular formula is C22H23N5OS. The Morgan fingerprint density at radius 3 is 2.66 bits per heavy atom. The number of nitrogens with two attached hydrogens (primary N) is 1. The average molecular weight is 406 g/mol. The number of hydrogen-bond donors (Lipinski definition) is 1. The fourth-order valence-corrected chi connectivity index (χ4v) is 5.29. The first-order valence-corrected chi connectivity index (χ1v) is 10.6. The molecule has 1 unspecified atom stereocenters. The van der Waals surface area contributed by atoms with E-state index in [1.54, 1.807) is 12.4 Å². The zero-order chi connectivity index (χ0) is 20.3. The van der Waals surface area contributed by atoms with Crippen molar-refractivity contribution in [1.82, 2.24) is 4.98 Å². The van der Waals surface area contributed by atoms with Gasteiger partial charge in [-0.05, 0) is 60.6 Å². The number of pyridine rings is 1. The van der Waals surface area contributed by atoms with Gasteiger partial charge in [0, 0.05) is 37.4 Å². The standard InChI is InChI=1S/C22H23N5OS/c23-16-17-14-19(26-10-2-1-3-11-26)4-5-20(17)27-12-13-29-22(27,15-21(24)28)18-6-8-25-9-7-18/h4-9,12-14H,1-3,10-11,15H2,(H2,24,28). The molecule has 1 amide bonds. The van der Waals surface area contributed by atoms with Gasteiger partial charge in [-0.2, -0.15) is 5.26 Å². The number of benzene rings is 1. The molecule has 0 bridgehead atoms. The maximum atomic E-state index is 12.0. The number of primary amides is 1. The van der Waals surface area contributed by atoms with E-state index in [0.717, 1.165) is 30.0 Å². The van der Waals surface area contributed by atoms with Crippen LogP contribution in [0.25, 0.3) is 0 Å². The summed E-state index contributed by atoms with van der Waals surface area (Å²) in [5.74, 6) is -0.397. The average Bonchev–Trinajstić information content (AvgIpc) is 3.18. The van der Waals surface area contributed by atoms with Gasteiger partial charge >= 0.3 is 0 Å². The third kappa shape index (κ3) is 3.68. The normalized spacial score (nSPS) is 21.2. The molecule has 7 heteroatoms. The van der Waals surface area contributed by atoms with Gasteiger partial charge in [0.05, 0.1) is 17.7 Å². The van der Waals surface area contributed by atoms with Crippen molar-refractivity contribution in [1.29, 1.82) is 5.26 Å². The van der Waals surface area contributed by atoms with Crippen molar-refractivity contribution in [3.8, 4) is 6.07 Å². The Balaban J connectivity index is 1.76. The summed E-state index contributed by atoms with van der Waals surface area (Å²) >= 11 is 1.52. The van der Waals surface area contributed by atoms with Gasteiger partial charge in [0.1, 0.15) is 10.9 Å². The van der Waals surface area contributed by atoms with Crippen LogP contribution in [-0.4, -0.2) is 24.0 Å². The molecule has 1 saturated heterocycles. The van der Waals surface area contributed by atoms with Crippen LogP contribution in [0.4, 0.5) is 11.4 Å². The summed E-state index contributed by atoms with van der Waals surface area (Å²) in [6.45, 7) is 2.04. The molecule has 29 heavy (non-hydrogen) atoms. The maximum Gasteiger partial charge on any atom is 0.221 e. The Morgan fingerprint density at radius 1 is 1.21 bits per heavy atom. The van der Waals surface area contributed by atoms with Crippen molar-refractivity contribution in [3.63, 3.8) is 0 Å². The van der Waals surface area contributed by atoms with Crippen molar-refractivity contribution in [2.24, 2.45) is 5.73 Å². The SMILES string of the molecule is N#Cc1cc(N2CCCCC2)ccc1N1C=CSC1(CC(N)=O)c1ccncc1. The molecule has 0 spiro atoms. The van der Waals surface area contributed by atoms with Gasteiger partial charge in [0.2, 0.25) is 5.91 Å². The first kappa shape index (κ1) is 19.3. The summed E-state index contributed by atoms with van der Waals surface area (Å²) in [7, 11) is 0. The molecule has 0 radical (unpaired) electrons. The van der Waals surface area contributed by atoms with Gasteiger partial charge in [-0.1, -0.05) is 11.8 Å². The van der Waals surface area contributed by atoms with E-state index in [0.29, 0.717) is 5.56 Å². The van der Waals surface area contributed by atoms with Gasteiger partial charge in [0.15, 0.2) is 0 Å². The van der Waals surface area contributed by atoms with E-state index in [4.69, 9.17) is 5.73 Å². The molecule has 1 atom stereocenters. The van der Waals surface area contributed by atoms with Crippen LogP contribution in [-0.2, 0) is 9.67 Å². The Bertz CT molecular complexity index is 965. The number of amides is 1. The third-order valence-corrected chi connectivity index (χ3v) is 6.71. The van der Waals surface area contributed by atoms with Crippen LogP contribution < -0.4 is 15.5 Å². The maximum absolute atomic E-state index is 12.0. The molecule has 1 aromatic heterocycles. The largest absolute Gasteiger partial charge is 0.371 e. The number of nitrogens with zero attached hydrogens (tertiary/aromatic N) is 4. The van der Waals surface area contributed by atoms with Crippen LogP contribution in [0.2, 0.25) is 0 Å². The summed E-state index contributed by atoms with van der Waals surface area (Å²) in [6, 6.07) is 12.1. The van der Waals surface area contributed by atoms with E-state index >= 15 is 0 Å². The second kappa shape index (κ2) is 8.18. The predicted octanol–water partition coefficient (Wildman–Crippen LogP) is 3.70. The van der Waals surface area contributed by atoms with E-state index in [9.17, 15) is 10.1 Å². The van der Waals surface area contributed by atoms with Crippen LogP contribution in [0.15, 0.2) is 54.3 Å². The zero-order valence-electron chi connectivity index (χ0n) is 16.1. The van der Waals surface area contributed by atoms with Crippen LogP contribution in [0.1, 0.15) is 36.8 Å². The van der Waals surface area contributed by atoms with E-state index < -0.39 is 10.8 Å². The molecule has 0 aliphatic carbocycles. The summed E-state index contributed by atoms with van der Waals surface area (Å²) in [5.41, 5.74) is 8.99. The van der Waals surface area contributed by atoms with E-state index in [1.165, 1.54) is 31.0 Å². The number of aromatic nitrogens is 1. The minimum absolute atomic E-state index is 0.118. The molecule has 1 fully saturated rings. The monoisotopic (exact) mass is 405 g/mol. The number of anilines is 2. The molecule has 6 nitrogen and oxygen atoms in total. The third-order valence-electron chi connectivity index (χ3n) is 5.49. The lowest BCUT2D eigenvalue weighted by Gasteiger charge is -2.39. The molecule has 2 aromatic rings. The fourth-order valence-electron chi connectivity index (χ4n) is 4.11. The molecule has 2 aliphatic heterocycles. The fraction of sp³-hybridized carbons (Fsp3) is 0.318. The highest BCUT2D eigenvalue weighted by molar-refractivity contribution is 8.03. The van der Waals surface area contributed by atoms with Gasteiger partial charge in [0.25, 0.3) is 0 Å². The molecule has 148 valence electrons. The van der Waals surface area contributed by atoms with Crippen molar-refractivity contribution >= 4 is 29.0 Å². The van der Waals surface area contributed by atoms with Crippen LogP contribution in [0.5, 0.6) is 0 Å². The summed E-state index contributed by atoms with van der Waals surface area (Å²) in [6.07, 6.45) is 9.08. The Morgan fingerprint density at radius 2 is 1.97 bits per heavy atom. The predicted molar refractivity (Wildman–Crippen MR) is 116 cm³/mol. The number of carbonyl (C=O) groups excluding carboxylic acids is 1. The first-order valence-electron chi connectivity index (χ1n) is 9.76. The number of rotatable bonds is 5. The van der Waals surface area contributed by atoms with Gasteiger partial charge < -0.3 is 15.5 Å². The second-order valence-electron chi connectivity index (χ2n) is 7.30. The van der Waals surface area contributed by atoms with E-state index in [1.807, 2.05) is 40.8 Å². The van der Waals surface area contributed by atoms with Crippen molar-refractivity contribution in [2.45, 2.75) is 30.6 Å². The highest BCUT2D eigenvalue weighted by Gasteiger charge is 2.43. The molecular weight excluding hydrogens is 382 g/mol. The summed E-state index contributed by atoms with van der Waals surface area (Å²) < 4.78 is 0. The number of hydrogen-bond acceptors (Lipinski definition) is 6. The quantitative estimate of drug-likeness (QED) is 0.816. The number of piperidine rings is 1. The summed E-state index contributed by atoms with van der Waals surface area (Å²) in [4.78, 5) is 19.7. The van der Waals surface area contributed by atoms with Gasteiger partial charge in [-0.3, -0.25) is 9.78 Å². The lowest BCUT2D eigenvalue weighted by molar-refractivity contribution is -0.118. The topological polar surface area (TPSA) is 86.3 Å². The number of nitriles is 1. The molecule has 3 heterocycles. The highest BCUT2D eigenvalue weighted by Crippen LogP contribution is 2.50.